The van der Waals surface area contributed by atoms with Crippen LogP contribution >= 0.6 is 0 Å². The topological polar surface area (TPSA) is 108 Å². The number of carbonyl (C=O) groups excluding carboxylic acids is 1. The molecule has 7 nitrogen and oxygen atoms in total. The second-order valence-electron chi connectivity index (χ2n) is 7.36. The van der Waals surface area contributed by atoms with Crippen molar-refractivity contribution in [1.82, 2.24) is 5.32 Å². The molecule has 0 saturated carbocycles. The molecule has 0 aromatic heterocycles. The molecule has 1 saturated heterocycles. The van der Waals surface area contributed by atoms with Crippen LogP contribution in [-0.2, 0) is 16.0 Å². The van der Waals surface area contributed by atoms with Gasteiger partial charge in [0.15, 0.2) is 0 Å². The fraction of sp³-hybridized carbons (Fsp3) is 0.409. The fourth-order valence-electron chi connectivity index (χ4n) is 3.39. The second kappa shape index (κ2) is 9.53. The van der Waals surface area contributed by atoms with E-state index in [0.29, 0.717) is 29.8 Å². The number of rotatable bonds is 6. The Kier molecular flexibility index (Phi) is 7.04. The molecule has 0 radical (unpaired) electrons. The zero-order valence-corrected chi connectivity index (χ0v) is 16.8. The Morgan fingerprint density at radius 3 is 2.60 bits per heavy atom. The first-order valence-corrected chi connectivity index (χ1v) is 9.76. The lowest BCUT2D eigenvalue weighted by molar-refractivity contribution is -0.268. The molecule has 0 aliphatic carbocycles. The molecule has 5 atom stereocenters. The van der Waals surface area contributed by atoms with E-state index in [2.05, 4.69) is 5.32 Å². The molecule has 1 amide bonds. The van der Waals surface area contributed by atoms with E-state index in [4.69, 9.17) is 9.47 Å². The Hall–Kier alpha value is -2.52. The van der Waals surface area contributed by atoms with Crippen molar-refractivity contribution in [3.05, 3.63) is 53.8 Å². The molecular formula is C22H26FNO6. The van der Waals surface area contributed by atoms with E-state index < -0.39 is 30.7 Å². The van der Waals surface area contributed by atoms with Gasteiger partial charge in [-0.25, -0.2) is 4.39 Å². The summed E-state index contributed by atoms with van der Waals surface area (Å²) in [6, 6.07) is 11.3. The summed E-state index contributed by atoms with van der Waals surface area (Å²) in [5.41, 5.74) is 2.21. The van der Waals surface area contributed by atoms with Crippen molar-refractivity contribution in [3.8, 4) is 16.9 Å². The molecular weight excluding hydrogens is 393 g/mol. The smallest absolute Gasteiger partial charge is 0.229 e. The first kappa shape index (κ1) is 22.2. The molecule has 0 spiro atoms. The van der Waals surface area contributed by atoms with E-state index in [1.807, 2.05) is 0 Å². The summed E-state index contributed by atoms with van der Waals surface area (Å²) in [5.74, 6) is -0.179. The molecule has 0 bridgehead atoms. The Morgan fingerprint density at radius 2 is 1.90 bits per heavy atom. The van der Waals surface area contributed by atoms with E-state index in [1.165, 1.54) is 19.1 Å². The first-order chi connectivity index (χ1) is 14.3. The Bertz CT molecular complexity index is 892. The molecule has 162 valence electrons. The molecule has 1 fully saturated rings. The quantitative estimate of drug-likeness (QED) is 0.564. The zero-order valence-electron chi connectivity index (χ0n) is 16.8. The number of aliphatic hydroxyl groups is 3. The van der Waals surface area contributed by atoms with Gasteiger partial charge in [0.2, 0.25) is 12.2 Å². The van der Waals surface area contributed by atoms with Crippen LogP contribution in [0.5, 0.6) is 5.75 Å². The van der Waals surface area contributed by atoms with Crippen LogP contribution in [0.1, 0.15) is 19.4 Å². The number of ether oxygens (including phenoxy) is 2. The maximum Gasteiger partial charge on any atom is 0.229 e. The van der Waals surface area contributed by atoms with Gasteiger partial charge in [-0.2, -0.15) is 0 Å². The van der Waals surface area contributed by atoms with Gasteiger partial charge >= 0.3 is 0 Å². The number of halogens is 1. The number of benzene rings is 2. The average Bonchev–Trinajstić information content (AvgIpc) is 2.71. The van der Waals surface area contributed by atoms with E-state index in [9.17, 15) is 24.5 Å². The van der Waals surface area contributed by atoms with Crippen molar-refractivity contribution >= 4 is 5.91 Å². The lowest BCUT2D eigenvalue weighted by Gasteiger charge is -2.38. The van der Waals surface area contributed by atoms with Crippen molar-refractivity contribution in [3.63, 3.8) is 0 Å². The minimum Gasteiger partial charge on any atom is -0.462 e. The molecule has 1 unspecified atom stereocenters. The maximum atomic E-state index is 13.8. The number of nitrogens with one attached hydrogen (secondary N) is 1. The molecule has 1 heterocycles. The van der Waals surface area contributed by atoms with E-state index >= 15 is 0 Å². The lowest BCUT2D eigenvalue weighted by atomic mass is 9.97. The van der Waals surface area contributed by atoms with Crippen LogP contribution in [0.2, 0.25) is 0 Å². The third-order valence-corrected chi connectivity index (χ3v) is 5.05. The van der Waals surface area contributed by atoms with Crippen molar-refractivity contribution in [1.29, 1.82) is 0 Å². The summed E-state index contributed by atoms with van der Waals surface area (Å²) in [6.45, 7) is 3.43. The molecule has 1 aliphatic heterocycles. The van der Waals surface area contributed by atoms with Crippen molar-refractivity contribution in [2.24, 2.45) is 0 Å². The summed E-state index contributed by atoms with van der Waals surface area (Å²) >= 11 is 0. The SMILES string of the molecule is CC(=O)NCCc1ccc(OC2O[C@H](C)[C@H](O)[C@H](O)[C@H]2O)cc1-c1cccc(F)c1. The van der Waals surface area contributed by atoms with Gasteiger partial charge in [-0.3, -0.25) is 4.79 Å². The monoisotopic (exact) mass is 419 g/mol. The third kappa shape index (κ3) is 5.14. The van der Waals surface area contributed by atoms with Crippen LogP contribution < -0.4 is 10.1 Å². The predicted octanol–water partition coefficient (Wildman–Crippen LogP) is 1.38. The van der Waals surface area contributed by atoms with Crippen molar-refractivity contribution in [2.75, 3.05) is 6.54 Å². The number of carbonyl (C=O) groups is 1. The van der Waals surface area contributed by atoms with Crippen LogP contribution in [-0.4, -0.2) is 58.5 Å². The van der Waals surface area contributed by atoms with Crippen LogP contribution in [0.25, 0.3) is 11.1 Å². The van der Waals surface area contributed by atoms with E-state index in [0.717, 1.165) is 5.56 Å². The summed E-state index contributed by atoms with van der Waals surface area (Å²) in [7, 11) is 0. The molecule has 2 aromatic carbocycles. The standard InChI is InChI=1S/C22H26FNO6/c1-12-19(26)20(27)21(28)22(29-12)30-17-7-6-14(8-9-24-13(2)25)18(11-17)15-4-3-5-16(23)10-15/h3-7,10-12,19-22,26-28H,8-9H2,1-2H3,(H,24,25)/t12-,19+,20+,21-,22?/m1/s1. The predicted molar refractivity (Wildman–Crippen MR) is 107 cm³/mol. The Morgan fingerprint density at radius 1 is 1.13 bits per heavy atom. The number of aliphatic hydroxyl groups excluding tert-OH is 3. The van der Waals surface area contributed by atoms with Gasteiger partial charge in [0.25, 0.3) is 0 Å². The molecule has 4 N–H and O–H groups in total. The van der Waals surface area contributed by atoms with Gasteiger partial charge in [0.05, 0.1) is 6.10 Å². The Labute approximate surface area is 174 Å². The molecule has 2 aromatic rings. The second-order valence-corrected chi connectivity index (χ2v) is 7.36. The summed E-state index contributed by atoms with van der Waals surface area (Å²) in [5, 5.41) is 32.7. The summed E-state index contributed by atoms with van der Waals surface area (Å²) < 4.78 is 25.0. The molecule has 3 rings (SSSR count). The normalized spacial score (nSPS) is 26.3. The number of amides is 1. The minimum atomic E-state index is -1.44. The Balaban J connectivity index is 1.87. The van der Waals surface area contributed by atoms with Crippen LogP contribution in [0, 0.1) is 5.82 Å². The van der Waals surface area contributed by atoms with Gasteiger partial charge in [0, 0.05) is 13.5 Å². The van der Waals surface area contributed by atoms with E-state index in [-0.39, 0.29) is 11.7 Å². The highest BCUT2D eigenvalue weighted by molar-refractivity contribution is 5.73. The molecule has 8 heteroatoms. The largest absolute Gasteiger partial charge is 0.462 e. The number of hydrogen-bond donors (Lipinski definition) is 4. The third-order valence-electron chi connectivity index (χ3n) is 5.05. The van der Waals surface area contributed by atoms with Crippen molar-refractivity contribution < 1.29 is 34.0 Å². The highest BCUT2D eigenvalue weighted by Gasteiger charge is 2.43. The number of hydrogen-bond acceptors (Lipinski definition) is 6. The lowest BCUT2D eigenvalue weighted by Crippen LogP contribution is -2.58. The van der Waals surface area contributed by atoms with Gasteiger partial charge in [0.1, 0.15) is 29.9 Å². The van der Waals surface area contributed by atoms with Crippen LogP contribution in [0.4, 0.5) is 4.39 Å². The van der Waals surface area contributed by atoms with Gasteiger partial charge < -0.3 is 30.1 Å². The maximum absolute atomic E-state index is 13.8. The highest BCUT2D eigenvalue weighted by Crippen LogP contribution is 2.31. The highest BCUT2D eigenvalue weighted by atomic mass is 19.1. The zero-order chi connectivity index (χ0) is 21.8. The molecule has 1 aliphatic rings. The van der Waals surface area contributed by atoms with E-state index in [1.54, 1.807) is 37.3 Å². The van der Waals surface area contributed by atoms with Crippen LogP contribution in [0.15, 0.2) is 42.5 Å². The summed E-state index contributed by atoms with van der Waals surface area (Å²) in [6.07, 6.45) is -5.45. The van der Waals surface area contributed by atoms with Crippen LogP contribution in [0.3, 0.4) is 0 Å². The first-order valence-electron chi connectivity index (χ1n) is 9.76. The fourth-order valence-corrected chi connectivity index (χ4v) is 3.39. The average molecular weight is 419 g/mol. The van der Waals surface area contributed by atoms with Gasteiger partial charge in [-0.1, -0.05) is 18.2 Å². The van der Waals surface area contributed by atoms with Crippen molar-refractivity contribution in [2.45, 2.75) is 51.0 Å². The van der Waals surface area contributed by atoms with Gasteiger partial charge in [-0.05, 0) is 54.3 Å². The molecule has 30 heavy (non-hydrogen) atoms. The summed E-state index contributed by atoms with van der Waals surface area (Å²) in [4.78, 5) is 11.2. The minimum absolute atomic E-state index is 0.138. The van der Waals surface area contributed by atoms with Gasteiger partial charge in [-0.15, -0.1) is 0 Å².